The van der Waals surface area contributed by atoms with Crippen LogP contribution >= 0.6 is 0 Å². The van der Waals surface area contributed by atoms with Crippen LogP contribution in [0.2, 0.25) is 0 Å². The first-order valence-corrected chi connectivity index (χ1v) is 4.99. The van der Waals surface area contributed by atoms with Gasteiger partial charge in [0.2, 0.25) is 5.91 Å². The van der Waals surface area contributed by atoms with E-state index in [0.717, 1.165) is 5.56 Å². The van der Waals surface area contributed by atoms with Crippen LogP contribution in [0.25, 0.3) is 0 Å². The van der Waals surface area contributed by atoms with Crippen LogP contribution in [0.3, 0.4) is 0 Å². The molecule has 1 heterocycles. The van der Waals surface area contributed by atoms with Gasteiger partial charge in [-0.05, 0) is 24.6 Å². The number of carbonyl (C=O) groups excluding carboxylic acids is 1. The molecule has 0 radical (unpaired) electrons. The van der Waals surface area contributed by atoms with Crippen LogP contribution in [0.15, 0.2) is 18.2 Å². The highest BCUT2D eigenvalue weighted by Crippen LogP contribution is 2.34. The number of halogens is 3. The number of carbonyl (C=O) groups is 1. The second-order valence-electron chi connectivity index (χ2n) is 3.89. The van der Waals surface area contributed by atoms with Crippen molar-refractivity contribution in [1.82, 2.24) is 0 Å². The molecule has 17 heavy (non-hydrogen) atoms. The third kappa shape index (κ3) is 2.35. The Kier molecular flexibility index (Phi) is 2.73. The number of benzene rings is 1. The standard InChI is InChI=1S/C11H10F3NO2/c1-6-2-3-9-8(4-6)15-10(16)7(5-17-9)11(12,13)14/h2-4,7H,5H2,1H3,(H,15,16). The van der Waals surface area contributed by atoms with Gasteiger partial charge in [-0.15, -0.1) is 0 Å². The fraction of sp³-hybridized carbons (Fsp3) is 0.364. The Morgan fingerprint density at radius 3 is 2.76 bits per heavy atom. The minimum absolute atomic E-state index is 0.260. The van der Waals surface area contributed by atoms with Crippen LogP contribution in [0.5, 0.6) is 5.75 Å². The van der Waals surface area contributed by atoms with Gasteiger partial charge in [-0.3, -0.25) is 4.79 Å². The van der Waals surface area contributed by atoms with Gasteiger partial charge in [0.25, 0.3) is 0 Å². The summed E-state index contributed by atoms with van der Waals surface area (Å²) in [7, 11) is 0. The third-order valence-corrected chi connectivity index (χ3v) is 2.51. The predicted molar refractivity (Wildman–Crippen MR) is 54.8 cm³/mol. The molecule has 1 N–H and O–H groups in total. The first-order chi connectivity index (χ1) is 7.88. The van der Waals surface area contributed by atoms with E-state index >= 15 is 0 Å². The van der Waals surface area contributed by atoms with Crippen molar-refractivity contribution in [2.24, 2.45) is 5.92 Å². The van der Waals surface area contributed by atoms with Crippen molar-refractivity contribution in [1.29, 1.82) is 0 Å². The van der Waals surface area contributed by atoms with Gasteiger partial charge in [-0.2, -0.15) is 13.2 Å². The molecule has 1 aliphatic heterocycles. The molecule has 0 spiro atoms. The second-order valence-corrected chi connectivity index (χ2v) is 3.89. The quantitative estimate of drug-likeness (QED) is 0.762. The lowest BCUT2D eigenvalue weighted by atomic mass is 10.1. The summed E-state index contributed by atoms with van der Waals surface area (Å²) in [6.45, 7) is 1.09. The summed E-state index contributed by atoms with van der Waals surface area (Å²) in [4.78, 5) is 11.4. The topological polar surface area (TPSA) is 38.3 Å². The molecule has 6 heteroatoms. The van der Waals surface area contributed by atoms with Gasteiger partial charge < -0.3 is 10.1 Å². The second kappa shape index (κ2) is 3.94. The molecule has 0 aliphatic carbocycles. The Morgan fingerprint density at radius 2 is 2.12 bits per heavy atom. The summed E-state index contributed by atoms with van der Waals surface area (Å²) in [5.74, 6) is -2.95. The molecule has 1 aromatic rings. The van der Waals surface area contributed by atoms with E-state index in [1.807, 2.05) is 0 Å². The van der Waals surface area contributed by atoms with Crippen molar-refractivity contribution in [2.75, 3.05) is 11.9 Å². The highest BCUT2D eigenvalue weighted by molar-refractivity contribution is 5.95. The summed E-state index contributed by atoms with van der Waals surface area (Å²) < 4.78 is 42.6. The lowest BCUT2D eigenvalue weighted by Crippen LogP contribution is -2.37. The number of aryl methyl sites for hydroxylation is 1. The third-order valence-electron chi connectivity index (χ3n) is 2.51. The van der Waals surface area contributed by atoms with Crippen molar-refractivity contribution in [3.05, 3.63) is 23.8 Å². The molecule has 1 aliphatic rings. The molecule has 0 aromatic heterocycles. The molecular weight excluding hydrogens is 235 g/mol. The normalized spacial score (nSPS) is 20.0. The fourth-order valence-corrected chi connectivity index (χ4v) is 1.58. The first kappa shape index (κ1) is 11.8. The Morgan fingerprint density at radius 1 is 1.41 bits per heavy atom. The molecular formula is C11H10F3NO2. The number of amides is 1. The molecule has 1 atom stereocenters. The zero-order chi connectivity index (χ0) is 12.6. The summed E-state index contributed by atoms with van der Waals surface area (Å²) in [5.41, 5.74) is 1.11. The summed E-state index contributed by atoms with van der Waals surface area (Å²) in [5, 5.41) is 2.24. The van der Waals surface area contributed by atoms with Gasteiger partial charge >= 0.3 is 6.18 Å². The Labute approximate surface area is 95.6 Å². The van der Waals surface area contributed by atoms with Gasteiger partial charge in [0.15, 0.2) is 5.92 Å². The predicted octanol–water partition coefficient (Wildman–Crippen LogP) is 2.50. The van der Waals surface area contributed by atoms with E-state index in [2.05, 4.69) is 5.32 Å². The van der Waals surface area contributed by atoms with Crippen molar-refractivity contribution in [3.8, 4) is 5.75 Å². The highest BCUT2D eigenvalue weighted by atomic mass is 19.4. The maximum atomic E-state index is 12.5. The summed E-state index contributed by atoms with van der Waals surface area (Å²) in [6.07, 6.45) is -4.60. The molecule has 2 rings (SSSR count). The molecule has 1 unspecified atom stereocenters. The van der Waals surface area contributed by atoms with Crippen molar-refractivity contribution < 1.29 is 22.7 Å². The van der Waals surface area contributed by atoms with Gasteiger partial charge in [-0.25, -0.2) is 0 Å². The van der Waals surface area contributed by atoms with E-state index in [9.17, 15) is 18.0 Å². The summed E-state index contributed by atoms with van der Waals surface area (Å²) in [6, 6.07) is 4.83. The van der Waals surface area contributed by atoms with E-state index in [1.54, 1.807) is 25.1 Å². The Balaban J connectivity index is 2.32. The minimum atomic E-state index is -4.60. The molecule has 3 nitrogen and oxygen atoms in total. The summed E-state index contributed by atoms with van der Waals surface area (Å²) >= 11 is 0. The highest BCUT2D eigenvalue weighted by Gasteiger charge is 2.46. The van der Waals surface area contributed by atoms with E-state index in [1.165, 1.54) is 0 Å². The zero-order valence-electron chi connectivity index (χ0n) is 8.97. The number of ether oxygens (including phenoxy) is 1. The van der Waals surface area contributed by atoms with Crippen LogP contribution in [-0.4, -0.2) is 18.7 Å². The number of alkyl halides is 3. The maximum absolute atomic E-state index is 12.5. The molecule has 1 amide bonds. The number of nitrogens with one attached hydrogen (secondary N) is 1. The average molecular weight is 245 g/mol. The van der Waals surface area contributed by atoms with Gasteiger partial charge in [0, 0.05) is 0 Å². The van der Waals surface area contributed by atoms with E-state index < -0.39 is 24.6 Å². The first-order valence-electron chi connectivity index (χ1n) is 4.99. The lowest BCUT2D eigenvalue weighted by molar-refractivity contribution is -0.184. The van der Waals surface area contributed by atoms with Gasteiger partial charge in [0.05, 0.1) is 5.69 Å². The van der Waals surface area contributed by atoms with Crippen molar-refractivity contribution in [2.45, 2.75) is 13.1 Å². The number of hydrogen-bond acceptors (Lipinski definition) is 2. The van der Waals surface area contributed by atoms with E-state index in [0.29, 0.717) is 0 Å². The Bertz CT molecular complexity index is 457. The van der Waals surface area contributed by atoms with Crippen LogP contribution in [-0.2, 0) is 4.79 Å². The maximum Gasteiger partial charge on any atom is 0.403 e. The smallest absolute Gasteiger partial charge is 0.403 e. The molecule has 92 valence electrons. The van der Waals surface area contributed by atoms with Crippen molar-refractivity contribution >= 4 is 11.6 Å². The van der Waals surface area contributed by atoms with Crippen LogP contribution in [0.4, 0.5) is 18.9 Å². The molecule has 0 bridgehead atoms. The van der Waals surface area contributed by atoms with Gasteiger partial charge in [0.1, 0.15) is 12.4 Å². The van der Waals surface area contributed by atoms with E-state index in [4.69, 9.17) is 4.74 Å². The van der Waals surface area contributed by atoms with Gasteiger partial charge in [-0.1, -0.05) is 6.07 Å². The Hall–Kier alpha value is -1.72. The molecule has 0 saturated carbocycles. The minimum Gasteiger partial charge on any atom is -0.490 e. The number of anilines is 1. The van der Waals surface area contributed by atoms with Crippen LogP contribution < -0.4 is 10.1 Å². The SMILES string of the molecule is Cc1ccc2c(c1)NC(=O)C(C(F)(F)F)CO2. The number of rotatable bonds is 0. The van der Waals surface area contributed by atoms with Crippen molar-refractivity contribution in [3.63, 3.8) is 0 Å². The fourth-order valence-electron chi connectivity index (χ4n) is 1.58. The number of hydrogen-bond donors (Lipinski definition) is 1. The molecule has 0 fully saturated rings. The molecule has 1 aromatic carbocycles. The lowest BCUT2D eigenvalue weighted by Gasteiger charge is -2.15. The largest absolute Gasteiger partial charge is 0.490 e. The monoisotopic (exact) mass is 245 g/mol. The van der Waals surface area contributed by atoms with Crippen LogP contribution in [0.1, 0.15) is 5.56 Å². The van der Waals surface area contributed by atoms with Crippen LogP contribution in [0, 0.1) is 12.8 Å². The average Bonchev–Trinajstić information content (AvgIpc) is 2.34. The van der Waals surface area contributed by atoms with E-state index in [-0.39, 0.29) is 11.4 Å². The number of fused-ring (bicyclic) bond motifs is 1. The zero-order valence-corrected chi connectivity index (χ0v) is 8.97. The molecule has 0 saturated heterocycles.